The first kappa shape index (κ1) is 14.8. The Hall–Kier alpha value is -1.56. The van der Waals surface area contributed by atoms with Crippen LogP contribution in [0.15, 0.2) is 35.0 Å². The highest BCUT2D eigenvalue weighted by atomic mass is 35.5. The molecule has 1 unspecified atom stereocenters. The van der Waals surface area contributed by atoms with Gasteiger partial charge in [-0.05, 0) is 47.5 Å². The van der Waals surface area contributed by atoms with Crippen LogP contribution in [0.2, 0.25) is 5.02 Å². The summed E-state index contributed by atoms with van der Waals surface area (Å²) in [4.78, 5) is 12.0. The number of hydrogen-bond donors (Lipinski definition) is 3. The molecule has 106 valence electrons. The van der Waals surface area contributed by atoms with Crippen LogP contribution in [-0.2, 0) is 5.60 Å². The molecule has 1 heterocycles. The second-order valence-electron chi connectivity index (χ2n) is 4.63. The molecule has 6 heteroatoms. The molecule has 1 aromatic heterocycles. The van der Waals surface area contributed by atoms with Crippen LogP contribution in [0.25, 0.3) is 0 Å². The highest BCUT2D eigenvalue weighted by molar-refractivity contribution is 7.08. The van der Waals surface area contributed by atoms with Crippen LogP contribution in [0.4, 0.5) is 0 Å². The number of thiophene rings is 1. The largest absolute Gasteiger partial charge is 0.507 e. The van der Waals surface area contributed by atoms with Crippen molar-refractivity contribution in [3.63, 3.8) is 0 Å². The summed E-state index contributed by atoms with van der Waals surface area (Å²) >= 11 is 7.18. The maximum absolute atomic E-state index is 12.0. The molecule has 1 aromatic carbocycles. The molecule has 2 rings (SSSR count). The van der Waals surface area contributed by atoms with Crippen LogP contribution in [0.1, 0.15) is 22.8 Å². The Morgan fingerprint density at radius 1 is 1.45 bits per heavy atom. The zero-order valence-electron chi connectivity index (χ0n) is 10.8. The van der Waals surface area contributed by atoms with Gasteiger partial charge in [0.1, 0.15) is 11.4 Å². The third-order valence-corrected chi connectivity index (χ3v) is 3.86. The van der Waals surface area contributed by atoms with Crippen LogP contribution in [0.5, 0.6) is 5.75 Å². The van der Waals surface area contributed by atoms with Gasteiger partial charge in [0.2, 0.25) is 0 Å². The summed E-state index contributed by atoms with van der Waals surface area (Å²) in [6.45, 7) is 1.67. The second-order valence-corrected chi connectivity index (χ2v) is 5.85. The molecule has 0 radical (unpaired) electrons. The molecule has 0 aliphatic heterocycles. The van der Waals surface area contributed by atoms with Crippen molar-refractivity contribution in [3.05, 3.63) is 51.2 Å². The zero-order chi connectivity index (χ0) is 14.8. The summed E-state index contributed by atoms with van der Waals surface area (Å²) in [6.07, 6.45) is 0. The lowest BCUT2D eigenvalue weighted by Gasteiger charge is -2.22. The summed E-state index contributed by atoms with van der Waals surface area (Å²) < 4.78 is 0. The fourth-order valence-electron chi connectivity index (χ4n) is 1.72. The van der Waals surface area contributed by atoms with E-state index in [1.165, 1.54) is 29.5 Å². The van der Waals surface area contributed by atoms with Crippen molar-refractivity contribution < 1.29 is 15.0 Å². The summed E-state index contributed by atoms with van der Waals surface area (Å²) in [5.41, 5.74) is -0.295. The van der Waals surface area contributed by atoms with Gasteiger partial charge in [0.05, 0.1) is 12.1 Å². The van der Waals surface area contributed by atoms with Gasteiger partial charge in [-0.1, -0.05) is 11.6 Å². The Kier molecular flexibility index (Phi) is 4.32. The van der Waals surface area contributed by atoms with Gasteiger partial charge < -0.3 is 15.5 Å². The number of carbonyl (C=O) groups excluding carboxylic acids is 1. The summed E-state index contributed by atoms with van der Waals surface area (Å²) in [6, 6.07) is 6.06. The number of halogens is 1. The zero-order valence-corrected chi connectivity index (χ0v) is 12.3. The number of phenols is 1. The molecule has 20 heavy (non-hydrogen) atoms. The molecular weight excluding hydrogens is 298 g/mol. The highest BCUT2D eigenvalue weighted by Gasteiger charge is 2.24. The number of carbonyl (C=O) groups is 1. The minimum absolute atomic E-state index is 0.0463. The Balaban J connectivity index is 2.05. The average molecular weight is 312 g/mol. The molecule has 0 saturated carbocycles. The van der Waals surface area contributed by atoms with Crippen molar-refractivity contribution in [2.75, 3.05) is 6.54 Å². The van der Waals surface area contributed by atoms with Crippen molar-refractivity contribution in [1.82, 2.24) is 5.32 Å². The number of hydrogen-bond acceptors (Lipinski definition) is 4. The molecule has 4 nitrogen and oxygen atoms in total. The quantitative estimate of drug-likeness (QED) is 0.813. The van der Waals surface area contributed by atoms with Gasteiger partial charge in [0, 0.05) is 5.02 Å². The molecule has 1 amide bonds. The van der Waals surface area contributed by atoms with Gasteiger partial charge in [-0.2, -0.15) is 11.3 Å². The van der Waals surface area contributed by atoms with Crippen LogP contribution in [0.3, 0.4) is 0 Å². The number of benzene rings is 1. The summed E-state index contributed by atoms with van der Waals surface area (Å²) in [5, 5.41) is 26.6. The molecule has 0 spiro atoms. The molecule has 0 aliphatic carbocycles. The first-order chi connectivity index (χ1) is 9.40. The lowest BCUT2D eigenvalue weighted by Crippen LogP contribution is -2.38. The van der Waals surface area contributed by atoms with Crippen molar-refractivity contribution in [1.29, 1.82) is 0 Å². The standard InChI is InChI=1S/C14H14ClNO3S/c1-14(19,9-4-5-20-7-9)8-16-13(18)11-3-2-10(15)6-12(11)17/h2-7,17,19H,8H2,1H3,(H,16,18). The molecule has 0 aliphatic rings. The fourth-order valence-corrected chi connectivity index (χ4v) is 2.67. The van der Waals surface area contributed by atoms with E-state index in [4.69, 9.17) is 11.6 Å². The van der Waals surface area contributed by atoms with E-state index < -0.39 is 11.5 Å². The predicted molar refractivity (Wildman–Crippen MR) is 79.3 cm³/mol. The predicted octanol–water partition coefficient (Wildman–Crippen LogP) is 2.74. The first-order valence-corrected chi connectivity index (χ1v) is 7.24. The average Bonchev–Trinajstić information content (AvgIpc) is 2.90. The monoisotopic (exact) mass is 311 g/mol. The summed E-state index contributed by atoms with van der Waals surface area (Å²) in [5.74, 6) is -0.653. The van der Waals surface area contributed by atoms with Crippen LogP contribution in [0, 0.1) is 0 Å². The molecule has 1 atom stereocenters. The summed E-state index contributed by atoms with van der Waals surface area (Å²) in [7, 11) is 0. The van der Waals surface area contributed by atoms with Crippen molar-refractivity contribution in [2.45, 2.75) is 12.5 Å². The van der Waals surface area contributed by atoms with Gasteiger partial charge in [0.25, 0.3) is 5.91 Å². The third kappa shape index (κ3) is 3.30. The van der Waals surface area contributed by atoms with Crippen LogP contribution in [-0.4, -0.2) is 22.7 Å². The molecular formula is C14H14ClNO3S. The molecule has 0 saturated heterocycles. The van der Waals surface area contributed by atoms with E-state index in [9.17, 15) is 15.0 Å². The van der Waals surface area contributed by atoms with E-state index in [0.717, 1.165) is 5.56 Å². The van der Waals surface area contributed by atoms with E-state index >= 15 is 0 Å². The maximum atomic E-state index is 12.0. The van der Waals surface area contributed by atoms with Gasteiger partial charge in [-0.15, -0.1) is 0 Å². The van der Waals surface area contributed by atoms with Crippen molar-refractivity contribution in [2.24, 2.45) is 0 Å². The Morgan fingerprint density at radius 2 is 2.20 bits per heavy atom. The van der Waals surface area contributed by atoms with Gasteiger partial charge >= 0.3 is 0 Å². The lowest BCUT2D eigenvalue weighted by molar-refractivity contribution is 0.0529. The van der Waals surface area contributed by atoms with Crippen molar-refractivity contribution >= 4 is 28.8 Å². The van der Waals surface area contributed by atoms with Gasteiger partial charge in [-0.3, -0.25) is 4.79 Å². The molecule has 0 bridgehead atoms. The molecule has 2 aromatic rings. The Labute approximate surface area is 125 Å². The minimum Gasteiger partial charge on any atom is -0.507 e. The second kappa shape index (κ2) is 5.83. The van der Waals surface area contributed by atoms with E-state index in [0.29, 0.717) is 5.02 Å². The molecule has 0 fully saturated rings. The van der Waals surface area contributed by atoms with Gasteiger partial charge in [-0.25, -0.2) is 0 Å². The smallest absolute Gasteiger partial charge is 0.255 e. The van der Waals surface area contributed by atoms with E-state index in [-0.39, 0.29) is 17.9 Å². The van der Waals surface area contributed by atoms with E-state index in [1.807, 2.05) is 10.8 Å². The number of amides is 1. The Bertz CT molecular complexity index is 611. The van der Waals surface area contributed by atoms with E-state index in [2.05, 4.69) is 5.32 Å². The van der Waals surface area contributed by atoms with E-state index in [1.54, 1.807) is 13.0 Å². The van der Waals surface area contributed by atoms with Gasteiger partial charge in [0.15, 0.2) is 0 Å². The van der Waals surface area contributed by atoms with Crippen molar-refractivity contribution in [3.8, 4) is 5.75 Å². The normalized spacial score (nSPS) is 13.8. The molecule has 3 N–H and O–H groups in total. The number of phenolic OH excluding ortho intramolecular Hbond substituents is 1. The fraction of sp³-hybridized carbons (Fsp3) is 0.214. The highest BCUT2D eigenvalue weighted by Crippen LogP contribution is 2.24. The third-order valence-electron chi connectivity index (χ3n) is 2.94. The Morgan fingerprint density at radius 3 is 2.80 bits per heavy atom. The van der Waals surface area contributed by atoms with Crippen LogP contribution < -0.4 is 5.32 Å². The number of nitrogens with one attached hydrogen (secondary N) is 1. The number of aliphatic hydroxyl groups is 1. The maximum Gasteiger partial charge on any atom is 0.255 e. The lowest BCUT2D eigenvalue weighted by atomic mass is 9.99. The SMILES string of the molecule is CC(O)(CNC(=O)c1ccc(Cl)cc1O)c1ccsc1. The first-order valence-electron chi connectivity index (χ1n) is 5.92. The number of rotatable bonds is 4. The number of aromatic hydroxyl groups is 1. The minimum atomic E-state index is -1.16. The van der Waals surface area contributed by atoms with Crippen LogP contribution >= 0.6 is 22.9 Å². The topological polar surface area (TPSA) is 69.6 Å².